The first-order valence-corrected chi connectivity index (χ1v) is 8.52. The van der Waals surface area contributed by atoms with E-state index in [1.54, 1.807) is 6.20 Å². The third kappa shape index (κ3) is 5.21. The Bertz CT molecular complexity index is 784. The Morgan fingerprint density at radius 2 is 1.80 bits per heavy atom. The zero-order valence-corrected chi connectivity index (χ0v) is 14.6. The maximum absolute atomic E-state index is 10.9. The SMILES string of the molecule is CNCCCN.O=CCc1cnc2ccccc2c1-c1ccccc1. The number of aromatic nitrogens is 1. The van der Waals surface area contributed by atoms with Gasteiger partial charge in [-0.3, -0.25) is 4.98 Å². The number of aldehydes is 1. The summed E-state index contributed by atoms with van der Waals surface area (Å²) in [6.45, 7) is 1.83. The van der Waals surface area contributed by atoms with Crippen LogP contribution in [-0.4, -0.2) is 31.4 Å². The van der Waals surface area contributed by atoms with Crippen molar-refractivity contribution in [1.29, 1.82) is 0 Å². The molecule has 3 aromatic rings. The highest BCUT2D eigenvalue weighted by Gasteiger charge is 2.10. The van der Waals surface area contributed by atoms with Gasteiger partial charge in [-0.2, -0.15) is 0 Å². The van der Waals surface area contributed by atoms with E-state index in [-0.39, 0.29) is 0 Å². The summed E-state index contributed by atoms with van der Waals surface area (Å²) in [5.41, 5.74) is 9.33. The molecule has 0 radical (unpaired) electrons. The largest absolute Gasteiger partial charge is 0.330 e. The third-order valence-electron chi connectivity index (χ3n) is 3.85. The number of rotatable bonds is 6. The number of para-hydroxylation sites is 1. The Morgan fingerprint density at radius 1 is 1.08 bits per heavy atom. The van der Waals surface area contributed by atoms with E-state index in [0.717, 1.165) is 53.4 Å². The lowest BCUT2D eigenvalue weighted by atomic mass is 9.95. The molecule has 0 aliphatic rings. The number of nitrogens with one attached hydrogen (secondary N) is 1. The van der Waals surface area contributed by atoms with Crippen molar-refractivity contribution in [3.63, 3.8) is 0 Å². The average Bonchev–Trinajstić information content (AvgIpc) is 2.67. The number of nitrogens with two attached hydrogens (primary N) is 1. The summed E-state index contributed by atoms with van der Waals surface area (Å²) in [4.78, 5) is 15.3. The van der Waals surface area contributed by atoms with Gasteiger partial charge in [-0.25, -0.2) is 0 Å². The Morgan fingerprint density at radius 3 is 2.44 bits per heavy atom. The van der Waals surface area contributed by atoms with Crippen LogP contribution in [0.3, 0.4) is 0 Å². The molecule has 3 N–H and O–H groups in total. The van der Waals surface area contributed by atoms with E-state index in [1.165, 1.54) is 0 Å². The van der Waals surface area contributed by atoms with E-state index < -0.39 is 0 Å². The molecule has 0 spiro atoms. The summed E-state index contributed by atoms with van der Waals surface area (Å²) in [6.07, 6.45) is 4.20. The molecule has 0 amide bonds. The lowest BCUT2D eigenvalue weighted by Crippen LogP contribution is -2.12. The van der Waals surface area contributed by atoms with E-state index >= 15 is 0 Å². The first-order chi connectivity index (χ1) is 12.3. The fourth-order valence-electron chi connectivity index (χ4n) is 2.65. The highest BCUT2D eigenvalue weighted by Crippen LogP contribution is 2.30. The van der Waals surface area contributed by atoms with Crippen LogP contribution in [0.2, 0.25) is 0 Å². The second-order valence-corrected chi connectivity index (χ2v) is 5.66. The van der Waals surface area contributed by atoms with Crippen molar-refractivity contribution < 1.29 is 4.79 Å². The summed E-state index contributed by atoms with van der Waals surface area (Å²) < 4.78 is 0. The first-order valence-electron chi connectivity index (χ1n) is 8.52. The molecule has 3 rings (SSSR count). The predicted molar refractivity (Wildman–Crippen MR) is 105 cm³/mol. The van der Waals surface area contributed by atoms with Crippen LogP contribution in [0.4, 0.5) is 0 Å². The van der Waals surface area contributed by atoms with Gasteiger partial charge in [0.1, 0.15) is 6.29 Å². The lowest BCUT2D eigenvalue weighted by Gasteiger charge is -2.11. The zero-order valence-electron chi connectivity index (χ0n) is 14.6. The number of hydrogen-bond acceptors (Lipinski definition) is 4. The highest BCUT2D eigenvalue weighted by molar-refractivity contribution is 5.96. The van der Waals surface area contributed by atoms with Crippen LogP contribution in [0.5, 0.6) is 0 Å². The summed E-state index contributed by atoms with van der Waals surface area (Å²) in [6, 6.07) is 18.2. The van der Waals surface area contributed by atoms with Crippen LogP contribution in [-0.2, 0) is 11.2 Å². The van der Waals surface area contributed by atoms with Gasteiger partial charge in [-0.05, 0) is 49.3 Å². The topological polar surface area (TPSA) is 68.0 Å². The van der Waals surface area contributed by atoms with Crippen molar-refractivity contribution in [2.24, 2.45) is 5.73 Å². The summed E-state index contributed by atoms with van der Waals surface area (Å²) in [5, 5.41) is 4.08. The second-order valence-electron chi connectivity index (χ2n) is 5.66. The van der Waals surface area contributed by atoms with Gasteiger partial charge in [-0.15, -0.1) is 0 Å². The van der Waals surface area contributed by atoms with E-state index in [9.17, 15) is 4.79 Å². The first kappa shape index (κ1) is 18.8. The minimum atomic E-state index is 0.391. The number of carbonyl (C=O) groups is 1. The summed E-state index contributed by atoms with van der Waals surface area (Å²) >= 11 is 0. The van der Waals surface area contributed by atoms with Crippen LogP contribution in [0.1, 0.15) is 12.0 Å². The number of pyridine rings is 1. The van der Waals surface area contributed by atoms with E-state index in [0.29, 0.717) is 6.42 Å². The van der Waals surface area contributed by atoms with Crippen molar-refractivity contribution in [2.75, 3.05) is 20.1 Å². The second kappa shape index (κ2) is 10.3. The number of hydrogen-bond donors (Lipinski definition) is 2. The standard InChI is InChI=1S/C17H13NO.C4H12N2/c19-11-10-14-12-18-16-9-5-4-8-15(16)17(14)13-6-2-1-3-7-13;1-6-4-2-3-5/h1-9,11-12H,10H2;6H,2-5H2,1H3. The number of fused-ring (bicyclic) bond motifs is 1. The molecule has 0 saturated carbocycles. The normalized spacial score (nSPS) is 10.2. The predicted octanol–water partition coefficient (Wildman–Crippen LogP) is 3.20. The third-order valence-corrected chi connectivity index (χ3v) is 3.85. The van der Waals surface area contributed by atoms with Gasteiger partial charge < -0.3 is 15.8 Å². The molecule has 0 bridgehead atoms. The Kier molecular flexibility index (Phi) is 7.76. The van der Waals surface area contributed by atoms with E-state index in [2.05, 4.69) is 28.5 Å². The Balaban J connectivity index is 0.000000326. The average molecular weight is 335 g/mol. The molecule has 1 heterocycles. The minimum absolute atomic E-state index is 0.391. The molecule has 0 fully saturated rings. The number of nitrogens with zero attached hydrogens (tertiary/aromatic N) is 1. The summed E-state index contributed by atoms with van der Waals surface area (Å²) in [5.74, 6) is 0. The molecule has 25 heavy (non-hydrogen) atoms. The lowest BCUT2D eigenvalue weighted by molar-refractivity contribution is -0.107. The van der Waals surface area contributed by atoms with Crippen LogP contribution in [0, 0.1) is 0 Å². The number of carbonyl (C=O) groups excluding carboxylic acids is 1. The monoisotopic (exact) mass is 335 g/mol. The molecule has 2 aromatic carbocycles. The van der Waals surface area contributed by atoms with Crippen molar-refractivity contribution in [3.05, 3.63) is 66.4 Å². The van der Waals surface area contributed by atoms with Crippen LogP contribution < -0.4 is 11.1 Å². The molecule has 0 unspecified atom stereocenters. The summed E-state index contributed by atoms with van der Waals surface area (Å²) in [7, 11) is 1.93. The molecule has 0 aliphatic heterocycles. The van der Waals surface area contributed by atoms with E-state index in [1.807, 2.05) is 43.4 Å². The Hall–Kier alpha value is -2.56. The maximum Gasteiger partial charge on any atom is 0.124 e. The van der Waals surface area contributed by atoms with Gasteiger partial charge in [0.25, 0.3) is 0 Å². The molecule has 0 atom stereocenters. The molecule has 0 aliphatic carbocycles. The van der Waals surface area contributed by atoms with Gasteiger partial charge in [0.05, 0.1) is 5.52 Å². The molecule has 4 heteroatoms. The van der Waals surface area contributed by atoms with Gasteiger partial charge in [0.2, 0.25) is 0 Å². The fourth-order valence-corrected chi connectivity index (χ4v) is 2.65. The van der Waals surface area contributed by atoms with Crippen molar-refractivity contribution >= 4 is 17.2 Å². The van der Waals surface area contributed by atoms with Gasteiger partial charge in [0, 0.05) is 18.0 Å². The smallest absolute Gasteiger partial charge is 0.124 e. The Labute approximate surface area is 149 Å². The highest BCUT2D eigenvalue weighted by atomic mass is 16.1. The molecule has 130 valence electrons. The number of benzene rings is 2. The van der Waals surface area contributed by atoms with Crippen LogP contribution >= 0.6 is 0 Å². The molecule has 1 aromatic heterocycles. The van der Waals surface area contributed by atoms with Crippen LogP contribution in [0.15, 0.2) is 60.8 Å². The van der Waals surface area contributed by atoms with Crippen molar-refractivity contribution in [3.8, 4) is 11.1 Å². The van der Waals surface area contributed by atoms with E-state index in [4.69, 9.17) is 5.73 Å². The molecule has 0 saturated heterocycles. The zero-order chi connectivity index (χ0) is 17.9. The van der Waals surface area contributed by atoms with Crippen LogP contribution in [0.25, 0.3) is 22.0 Å². The van der Waals surface area contributed by atoms with Gasteiger partial charge in [-0.1, -0.05) is 48.5 Å². The van der Waals surface area contributed by atoms with Crippen molar-refractivity contribution in [1.82, 2.24) is 10.3 Å². The molecular weight excluding hydrogens is 310 g/mol. The van der Waals surface area contributed by atoms with Gasteiger partial charge in [0.15, 0.2) is 0 Å². The van der Waals surface area contributed by atoms with Gasteiger partial charge >= 0.3 is 0 Å². The molecular formula is C21H25N3O. The maximum atomic E-state index is 10.9. The fraction of sp³-hybridized carbons (Fsp3) is 0.238. The minimum Gasteiger partial charge on any atom is -0.330 e. The van der Waals surface area contributed by atoms with Crippen molar-refractivity contribution in [2.45, 2.75) is 12.8 Å². The quantitative estimate of drug-likeness (QED) is 0.536. The molecule has 4 nitrogen and oxygen atoms in total.